The van der Waals surface area contributed by atoms with Crippen molar-refractivity contribution < 1.29 is 9.90 Å². The zero-order chi connectivity index (χ0) is 7.98. The standard InChI is InChI=1S/C7H12O2S/c1-3-4-5-10-6(2)7(8)9/h2-5H2,1H3,(H,8,9). The average Bonchev–Trinajstić information content (AvgIpc) is 1.88. The largest absolute Gasteiger partial charge is 0.477 e. The van der Waals surface area contributed by atoms with E-state index in [1.165, 1.54) is 11.8 Å². The van der Waals surface area contributed by atoms with Gasteiger partial charge in [0.2, 0.25) is 0 Å². The molecule has 10 heavy (non-hydrogen) atoms. The lowest BCUT2D eigenvalue weighted by molar-refractivity contribution is -0.131. The van der Waals surface area contributed by atoms with E-state index in [1.807, 2.05) is 0 Å². The van der Waals surface area contributed by atoms with E-state index in [4.69, 9.17) is 5.11 Å². The van der Waals surface area contributed by atoms with Gasteiger partial charge in [0, 0.05) is 0 Å². The van der Waals surface area contributed by atoms with E-state index in [2.05, 4.69) is 13.5 Å². The predicted molar refractivity (Wildman–Crippen MR) is 44.1 cm³/mol. The second-order valence-corrected chi connectivity index (χ2v) is 3.12. The van der Waals surface area contributed by atoms with Crippen molar-refractivity contribution in [1.29, 1.82) is 0 Å². The maximum Gasteiger partial charge on any atom is 0.341 e. The molecule has 0 aliphatic carbocycles. The van der Waals surface area contributed by atoms with E-state index in [0.29, 0.717) is 0 Å². The van der Waals surface area contributed by atoms with E-state index >= 15 is 0 Å². The molecule has 0 rings (SSSR count). The molecular weight excluding hydrogens is 148 g/mol. The molecule has 0 amide bonds. The van der Waals surface area contributed by atoms with Gasteiger partial charge < -0.3 is 5.11 Å². The van der Waals surface area contributed by atoms with Crippen molar-refractivity contribution in [1.82, 2.24) is 0 Å². The monoisotopic (exact) mass is 160 g/mol. The Morgan fingerprint density at radius 1 is 1.70 bits per heavy atom. The fourth-order valence-corrected chi connectivity index (χ4v) is 1.20. The average molecular weight is 160 g/mol. The summed E-state index contributed by atoms with van der Waals surface area (Å²) in [4.78, 5) is 10.4. The van der Waals surface area contributed by atoms with Crippen LogP contribution in [0, 0.1) is 0 Å². The molecule has 0 aliphatic rings. The van der Waals surface area contributed by atoms with Gasteiger partial charge in [-0.2, -0.15) is 0 Å². The number of aliphatic carboxylic acids is 1. The maximum atomic E-state index is 10.2. The van der Waals surface area contributed by atoms with Crippen LogP contribution >= 0.6 is 11.8 Å². The number of unbranched alkanes of at least 4 members (excludes halogenated alkanes) is 1. The fraction of sp³-hybridized carbons (Fsp3) is 0.571. The van der Waals surface area contributed by atoms with Crippen molar-refractivity contribution in [3.05, 3.63) is 11.5 Å². The first-order chi connectivity index (χ1) is 4.68. The van der Waals surface area contributed by atoms with Gasteiger partial charge in [-0.25, -0.2) is 4.79 Å². The minimum Gasteiger partial charge on any atom is -0.477 e. The number of hydrogen-bond acceptors (Lipinski definition) is 2. The summed E-state index contributed by atoms with van der Waals surface area (Å²) in [7, 11) is 0. The molecule has 0 radical (unpaired) electrons. The molecule has 0 saturated heterocycles. The molecule has 0 aliphatic heterocycles. The van der Waals surface area contributed by atoms with Crippen LogP contribution in [0.5, 0.6) is 0 Å². The minimum absolute atomic E-state index is 0.244. The Labute approximate surface area is 65.3 Å². The van der Waals surface area contributed by atoms with E-state index in [-0.39, 0.29) is 4.91 Å². The molecule has 0 unspecified atom stereocenters. The number of rotatable bonds is 5. The highest BCUT2D eigenvalue weighted by Gasteiger charge is 2.02. The van der Waals surface area contributed by atoms with Crippen LogP contribution in [0.1, 0.15) is 19.8 Å². The quantitative estimate of drug-likeness (QED) is 0.494. The molecule has 0 heterocycles. The first-order valence-electron chi connectivity index (χ1n) is 3.23. The van der Waals surface area contributed by atoms with Crippen LogP contribution in [-0.4, -0.2) is 16.8 Å². The Kier molecular flexibility index (Phi) is 5.12. The van der Waals surface area contributed by atoms with Crippen molar-refractivity contribution in [3.8, 4) is 0 Å². The van der Waals surface area contributed by atoms with Gasteiger partial charge in [-0.15, -0.1) is 11.8 Å². The maximum absolute atomic E-state index is 10.2. The molecule has 0 fully saturated rings. The zero-order valence-corrected chi connectivity index (χ0v) is 6.91. The minimum atomic E-state index is -0.902. The van der Waals surface area contributed by atoms with Gasteiger partial charge in [-0.3, -0.25) is 0 Å². The molecule has 2 nitrogen and oxygen atoms in total. The summed E-state index contributed by atoms with van der Waals surface area (Å²) in [5.74, 6) is -0.0390. The molecule has 0 saturated carbocycles. The number of carboxylic acids is 1. The number of thioether (sulfide) groups is 1. The lowest BCUT2D eigenvalue weighted by atomic mass is 10.4. The van der Waals surface area contributed by atoms with Crippen molar-refractivity contribution in [2.75, 3.05) is 5.75 Å². The second kappa shape index (κ2) is 5.35. The third-order valence-corrected chi connectivity index (χ3v) is 2.03. The van der Waals surface area contributed by atoms with E-state index in [0.717, 1.165) is 18.6 Å². The zero-order valence-electron chi connectivity index (χ0n) is 6.09. The second-order valence-electron chi connectivity index (χ2n) is 1.93. The van der Waals surface area contributed by atoms with Crippen molar-refractivity contribution in [2.24, 2.45) is 0 Å². The first kappa shape index (κ1) is 9.56. The van der Waals surface area contributed by atoms with Crippen LogP contribution in [0.2, 0.25) is 0 Å². The highest BCUT2D eigenvalue weighted by Crippen LogP contribution is 2.14. The van der Waals surface area contributed by atoms with Gasteiger partial charge in [0.05, 0.1) is 4.91 Å². The van der Waals surface area contributed by atoms with E-state index in [1.54, 1.807) is 0 Å². The molecule has 58 valence electrons. The van der Waals surface area contributed by atoms with Crippen LogP contribution in [0.25, 0.3) is 0 Å². The first-order valence-corrected chi connectivity index (χ1v) is 4.22. The topological polar surface area (TPSA) is 37.3 Å². The molecule has 1 N–H and O–H groups in total. The van der Waals surface area contributed by atoms with Gasteiger partial charge in [-0.1, -0.05) is 19.9 Å². The number of carboxylic acid groups (broad SMARTS) is 1. The Balaban J connectivity index is 3.31. The van der Waals surface area contributed by atoms with Crippen LogP contribution < -0.4 is 0 Å². The van der Waals surface area contributed by atoms with Gasteiger partial charge in [0.25, 0.3) is 0 Å². The predicted octanol–water partition coefficient (Wildman–Crippen LogP) is 2.12. The van der Waals surface area contributed by atoms with Crippen LogP contribution in [0.3, 0.4) is 0 Å². The van der Waals surface area contributed by atoms with Crippen molar-refractivity contribution in [2.45, 2.75) is 19.8 Å². The molecule has 0 spiro atoms. The third-order valence-electron chi connectivity index (χ3n) is 1.01. The lowest BCUT2D eigenvalue weighted by Crippen LogP contribution is -1.95. The Morgan fingerprint density at radius 3 is 2.70 bits per heavy atom. The SMILES string of the molecule is C=C(SCCCC)C(=O)O. The molecule has 0 aromatic heterocycles. The van der Waals surface area contributed by atoms with E-state index < -0.39 is 5.97 Å². The fourth-order valence-electron chi connectivity index (χ4n) is 0.401. The molecule has 0 aromatic rings. The van der Waals surface area contributed by atoms with Crippen molar-refractivity contribution in [3.63, 3.8) is 0 Å². The molecule has 0 aromatic carbocycles. The smallest absolute Gasteiger partial charge is 0.341 e. The Morgan fingerprint density at radius 2 is 2.30 bits per heavy atom. The summed E-state index contributed by atoms with van der Waals surface area (Å²) >= 11 is 1.32. The summed E-state index contributed by atoms with van der Waals surface area (Å²) in [6.45, 7) is 5.46. The number of carbonyl (C=O) groups is 1. The Hall–Kier alpha value is -0.440. The van der Waals surface area contributed by atoms with Crippen molar-refractivity contribution >= 4 is 17.7 Å². The summed E-state index contributed by atoms with van der Waals surface area (Å²) < 4.78 is 0. The number of hydrogen-bond donors (Lipinski definition) is 1. The van der Waals surface area contributed by atoms with Crippen LogP contribution in [0.15, 0.2) is 11.5 Å². The van der Waals surface area contributed by atoms with E-state index in [9.17, 15) is 4.79 Å². The summed E-state index contributed by atoms with van der Waals surface area (Å²) in [6, 6.07) is 0. The van der Waals surface area contributed by atoms with Gasteiger partial charge >= 0.3 is 5.97 Å². The van der Waals surface area contributed by atoms with Gasteiger partial charge in [0.15, 0.2) is 0 Å². The highest BCUT2D eigenvalue weighted by molar-refractivity contribution is 8.03. The molecule has 0 atom stereocenters. The third kappa shape index (κ3) is 4.44. The molecular formula is C7H12O2S. The van der Waals surface area contributed by atoms with Crippen LogP contribution in [0.4, 0.5) is 0 Å². The normalized spacial score (nSPS) is 9.30. The highest BCUT2D eigenvalue weighted by atomic mass is 32.2. The summed E-state index contributed by atoms with van der Waals surface area (Å²) in [5, 5.41) is 8.36. The molecule has 0 bridgehead atoms. The molecule has 3 heteroatoms. The van der Waals surface area contributed by atoms with Crippen LogP contribution in [-0.2, 0) is 4.79 Å². The lowest BCUT2D eigenvalue weighted by Gasteiger charge is -1.96. The van der Waals surface area contributed by atoms with Gasteiger partial charge in [0.1, 0.15) is 0 Å². The Bertz CT molecular complexity index is 132. The summed E-state index contributed by atoms with van der Waals surface area (Å²) in [6.07, 6.45) is 2.15. The summed E-state index contributed by atoms with van der Waals surface area (Å²) in [5.41, 5.74) is 0. The van der Waals surface area contributed by atoms with Gasteiger partial charge in [-0.05, 0) is 12.2 Å².